The van der Waals surface area contributed by atoms with E-state index in [1.165, 1.54) is 0 Å². The lowest BCUT2D eigenvalue weighted by Crippen LogP contribution is -2.00. The van der Waals surface area contributed by atoms with E-state index >= 15 is 0 Å². The highest BCUT2D eigenvalue weighted by Gasteiger charge is 2.04. The van der Waals surface area contributed by atoms with Gasteiger partial charge in [0.1, 0.15) is 5.82 Å². The number of aromatic nitrogens is 2. The third kappa shape index (κ3) is 3.67. The van der Waals surface area contributed by atoms with Gasteiger partial charge in [0.25, 0.3) is 0 Å². The molecular weight excluding hydrogens is 319 g/mol. The van der Waals surface area contributed by atoms with Gasteiger partial charge in [-0.25, -0.2) is 4.98 Å². The van der Waals surface area contributed by atoms with Gasteiger partial charge in [0.05, 0.1) is 10.7 Å². The van der Waals surface area contributed by atoms with Crippen LogP contribution < -0.4 is 10.6 Å². The zero-order valence-corrected chi connectivity index (χ0v) is 12.9. The lowest BCUT2D eigenvalue weighted by molar-refractivity contribution is 1.17. The van der Waals surface area contributed by atoms with E-state index in [4.69, 9.17) is 23.2 Å². The van der Waals surface area contributed by atoms with Crippen molar-refractivity contribution < 1.29 is 0 Å². The van der Waals surface area contributed by atoms with Crippen molar-refractivity contribution in [2.75, 3.05) is 10.6 Å². The molecule has 0 saturated heterocycles. The van der Waals surface area contributed by atoms with Gasteiger partial charge in [0.2, 0.25) is 5.95 Å². The van der Waals surface area contributed by atoms with Crippen LogP contribution in [0.5, 0.6) is 0 Å². The van der Waals surface area contributed by atoms with Crippen molar-refractivity contribution in [3.8, 4) is 0 Å². The molecule has 0 aliphatic carbocycles. The van der Waals surface area contributed by atoms with Crippen molar-refractivity contribution in [2.24, 2.45) is 0 Å². The molecule has 0 bridgehead atoms. The van der Waals surface area contributed by atoms with E-state index in [2.05, 4.69) is 20.6 Å². The SMILES string of the molecule is Clc1ccc(Nc2ccnc(Nc3ccccc3)n2)c(Cl)c1. The second kappa shape index (κ2) is 6.64. The topological polar surface area (TPSA) is 49.8 Å². The molecule has 0 unspecified atom stereocenters. The Balaban J connectivity index is 1.79. The van der Waals surface area contributed by atoms with Crippen LogP contribution in [0.3, 0.4) is 0 Å². The molecule has 0 aliphatic rings. The van der Waals surface area contributed by atoms with Gasteiger partial charge in [0.15, 0.2) is 0 Å². The lowest BCUT2D eigenvalue weighted by Gasteiger charge is -2.09. The van der Waals surface area contributed by atoms with Gasteiger partial charge in [-0.3, -0.25) is 0 Å². The average Bonchev–Trinajstić information content (AvgIpc) is 2.52. The van der Waals surface area contributed by atoms with E-state index in [0.29, 0.717) is 21.8 Å². The normalized spacial score (nSPS) is 10.3. The van der Waals surface area contributed by atoms with E-state index in [1.807, 2.05) is 30.3 Å². The molecule has 2 N–H and O–H groups in total. The fraction of sp³-hybridized carbons (Fsp3) is 0. The minimum absolute atomic E-state index is 0.501. The first-order valence-electron chi connectivity index (χ1n) is 6.58. The fourth-order valence-electron chi connectivity index (χ4n) is 1.87. The average molecular weight is 331 g/mol. The Hall–Kier alpha value is -2.30. The number of anilines is 4. The maximum Gasteiger partial charge on any atom is 0.229 e. The number of rotatable bonds is 4. The number of nitrogens with zero attached hydrogens (tertiary/aromatic N) is 2. The van der Waals surface area contributed by atoms with Crippen molar-refractivity contribution >= 4 is 46.3 Å². The first-order valence-corrected chi connectivity index (χ1v) is 7.33. The Morgan fingerprint density at radius 3 is 2.45 bits per heavy atom. The molecule has 4 nitrogen and oxygen atoms in total. The lowest BCUT2D eigenvalue weighted by atomic mass is 10.3. The van der Waals surface area contributed by atoms with Crippen molar-refractivity contribution in [1.29, 1.82) is 0 Å². The second-order valence-electron chi connectivity index (χ2n) is 4.51. The summed E-state index contributed by atoms with van der Waals surface area (Å²) < 4.78 is 0. The third-order valence-electron chi connectivity index (χ3n) is 2.88. The summed E-state index contributed by atoms with van der Waals surface area (Å²) in [6.45, 7) is 0. The number of para-hydroxylation sites is 1. The summed E-state index contributed by atoms with van der Waals surface area (Å²) in [6.07, 6.45) is 1.67. The van der Waals surface area contributed by atoms with Crippen LogP contribution >= 0.6 is 23.2 Å². The number of hydrogen-bond acceptors (Lipinski definition) is 4. The van der Waals surface area contributed by atoms with Crippen molar-refractivity contribution in [1.82, 2.24) is 9.97 Å². The molecule has 110 valence electrons. The molecule has 0 fully saturated rings. The molecule has 22 heavy (non-hydrogen) atoms. The van der Waals surface area contributed by atoms with Gasteiger partial charge in [-0.1, -0.05) is 41.4 Å². The largest absolute Gasteiger partial charge is 0.339 e. The summed E-state index contributed by atoms with van der Waals surface area (Å²) in [6, 6.07) is 16.7. The van der Waals surface area contributed by atoms with Crippen molar-refractivity contribution in [3.05, 3.63) is 70.8 Å². The zero-order valence-electron chi connectivity index (χ0n) is 11.4. The smallest absolute Gasteiger partial charge is 0.229 e. The molecule has 0 radical (unpaired) electrons. The first kappa shape index (κ1) is 14.6. The molecule has 0 spiro atoms. The molecule has 0 atom stereocenters. The van der Waals surface area contributed by atoms with Crippen LogP contribution in [0.2, 0.25) is 10.0 Å². The fourth-order valence-corrected chi connectivity index (χ4v) is 2.32. The van der Waals surface area contributed by atoms with Crippen LogP contribution in [0.4, 0.5) is 23.1 Å². The molecule has 0 saturated carbocycles. The Bertz CT molecular complexity index is 778. The van der Waals surface area contributed by atoms with Gasteiger partial charge in [-0.2, -0.15) is 4.98 Å². The Morgan fingerprint density at radius 1 is 0.864 bits per heavy atom. The molecule has 0 amide bonds. The van der Waals surface area contributed by atoms with Gasteiger partial charge >= 0.3 is 0 Å². The highest BCUT2D eigenvalue weighted by Crippen LogP contribution is 2.27. The second-order valence-corrected chi connectivity index (χ2v) is 5.35. The number of nitrogens with one attached hydrogen (secondary N) is 2. The number of halogens is 2. The van der Waals surface area contributed by atoms with Crippen LogP contribution in [-0.2, 0) is 0 Å². The van der Waals surface area contributed by atoms with E-state index in [0.717, 1.165) is 11.4 Å². The van der Waals surface area contributed by atoms with Gasteiger partial charge in [-0.15, -0.1) is 0 Å². The summed E-state index contributed by atoms with van der Waals surface area (Å²) in [5.41, 5.74) is 1.65. The van der Waals surface area contributed by atoms with Gasteiger partial charge < -0.3 is 10.6 Å². The van der Waals surface area contributed by atoms with Crippen LogP contribution in [0.25, 0.3) is 0 Å². The maximum atomic E-state index is 6.14. The Morgan fingerprint density at radius 2 is 1.68 bits per heavy atom. The molecule has 6 heteroatoms. The van der Waals surface area contributed by atoms with E-state index < -0.39 is 0 Å². The third-order valence-corrected chi connectivity index (χ3v) is 3.43. The Labute approximate surface area is 138 Å². The van der Waals surface area contributed by atoms with E-state index in [-0.39, 0.29) is 0 Å². The molecule has 0 aliphatic heterocycles. The molecule has 2 aromatic carbocycles. The van der Waals surface area contributed by atoms with E-state index in [9.17, 15) is 0 Å². The standard InChI is InChI=1S/C16H12Cl2N4/c17-11-6-7-14(13(18)10-11)21-15-8-9-19-16(22-15)20-12-4-2-1-3-5-12/h1-10H,(H2,19,20,21,22). The van der Waals surface area contributed by atoms with Crippen molar-refractivity contribution in [2.45, 2.75) is 0 Å². The molecule has 1 heterocycles. The number of benzene rings is 2. The summed E-state index contributed by atoms with van der Waals surface area (Å²) in [4.78, 5) is 8.60. The van der Waals surface area contributed by atoms with Gasteiger partial charge in [-0.05, 0) is 36.4 Å². The minimum Gasteiger partial charge on any atom is -0.339 e. The summed E-state index contributed by atoms with van der Waals surface area (Å²) in [7, 11) is 0. The summed E-state index contributed by atoms with van der Waals surface area (Å²) in [5.74, 6) is 1.14. The Kier molecular flexibility index (Phi) is 4.42. The van der Waals surface area contributed by atoms with Crippen LogP contribution in [0.1, 0.15) is 0 Å². The zero-order chi connectivity index (χ0) is 15.4. The minimum atomic E-state index is 0.501. The van der Waals surface area contributed by atoms with Crippen LogP contribution in [0.15, 0.2) is 60.8 Å². The summed E-state index contributed by atoms with van der Waals surface area (Å²) >= 11 is 12.0. The maximum absolute atomic E-state index is 6.14. The number of hydrogen-bond donors (Lipinski definition) is 2. The molecular formula is C16H12Cl2N4. The van der Waals surface area contributed by atoms with Crippen LogP contribution in [-0.4, -0.2) is 9.97 Å². The predicted octanol–water partition coefficient (Wildman–Crippen LogP) is 5.27. The predicted molar refractivity (Wildman–Crippen MR) is 91.5 cm³/mol. The first-order chi connectivity index (χ1) is 10.7. The monoisotopic (exact) mass is 330 g/mol. The highest BCUT2D eigenvalue weighted by molar-refractivity contribution is 6.36. The van der Waals surface area contributed by atoms with Crippen molar-refractivity contribution in [3.63, 3.8) is 0 Å². The molecule has 3 aromatic rings. The van der Waals surface area contributed by atoms with Crippen LogP contribution in [0, 0.1) is 0 Å². The van der Waals surface area contributed by atoms with Gasteiger partial charge in [0, 0.05) is 16.9 Å². The molecule has 1 aromatic heterocycles. The molecule has 3 rings (SSSR count). The summed E-state index contributed by atoms with van der Waals surface area (Å²) in [5, 5.41) is 7.40. The van der Waals surface area contributed by atoms with E-state index in [1.54, 1.807) is 30.5 Å². The highest BCUT2D eigenvalue weighted by atomic mass is 35.5. The quantitative estimate of drug-likeness (QED) is 0.684.